The van der Waals surface area contributed by atoms with E-state index in [0.717, 1.165) is 12.1 Å². The highest BCUT2D eigenvalue weighted by atomic mass is 19.4. The maximum absolute atomic E-state index is 11.9. The Kier molecular flexibility index (Phi) is 3.41. The summed E-state index contributed by atoms with van der Waals surface area (Å²) in [6.07, 6.45) is -3.25. The predicted octanol–water partition coefficient (Wildman–Crippen LogP) is 2.56. The third kappa shape index (κ3) is 3.73. The number of benzene rings is 1. The van der Waals surface area contributed by atoms with Crippen LogP contribution in [0.15, 0.2) is 36.5 Å². The molecule has 2 rings (SSSR count). The van der Waals surface area contributed by atoms with Gasteiger partial charge in [-0.1, -0.05) is 0 Å². The van der Waals surface area contributed by atoms with Gasteiger partial charge >= 0.3 is 6.36 Å². The van der Waals surface area contributed by atoms with Crippen molar-refractivity contribution in [2.24, 2.45) is 0 Å². The quantitative estimate of drug-likeness (QED) is 0.901. The topological polar surface area (TPSA) is 67.0 Å². The SMILES string of the molecule is O=C(Nc1ccc(OC(F)(F)F)cc1)c1cc[nH]n1. The van der Waals surface area contributed by atoms with Crippen molar-refractivity contribution in [2.45, 2.75) is 6.36 Å². The first-order valence-electron chi connectivity index (χ1n) is 5.11. The van der Waals surface area contributed by atoms with Gasteiger partial charge in [-0.05, 0) is 30.3 Å². The molecule has 0 fully saturated rings. The number of alkyl halides is 3. The number of hydrogen-bond acceptors (Lipinski definition) is 3. The molecule has 1 aromatic carbocycles. The van der Waals surface area contributed by atoms with Crippen molar-refractivity contribution in [3.63, 3.8) is 0 Å². The highest BCUT2D eigenvalue weighted by Gasteiger charge is 2.30. The molecule has 1 heterocycles. The number of hydrogen-bond donors (Lipinski definition) is 2. The number of rotatable bonds is 3. The minimum atomic E-state index is -4.74. The first-order chi connectivity index (χ1) is 8.94. The van der Waals surface area contributed by atoms with Gasteiger partial charge in [-0.3, -0.25) is 9.89 Å². The number of halogens is 3. The summed E-state index contributed by atoms with van der Waals surface area (Å²) < 4.78 is 39.5. The third-order valence-electron chi connectivity index (χ3n) is 2.08. The number of amides is 1. The second kappa shape index (κ2) is 5.01. The van der Waals surface area contributed by atoms with E-state index in [1.807, 2.05) is 0 Å². The van der Waals surface area contributed by atoms with Gasteiger partial charge in [0.25, 0.3) is 5.91 Å². The lowest BCUT2D eigenvalue weighted by molar-refractivity contribution is -0.274. The lowest BCUT2D eigenvalue weighted by Gasteiger charge is -2.09. The summed E-state index contributed by atoms with van der Waals surface area (Å²) in [5.41, 5.74) is 0.512. The Balaban J connectivity index is 2.01. The molecule has 1 aromatic heterocycles. The van der Waals surface area contributed by atoms with Crippen LogP contribution >= 0.6 is 0 Å². The van der Waals surface area contributed by atoms with E-state index in [1.165, 1.54) is 24.4 Å². The number of carbonyl (C=O) groups excluding carboxylic acids is 1. The molecular weight excluding hydrogens is 263 g/mol. The predicted molar refractivity (Wildman–Crippen MR) is 59.7 cm³/mol. The molecule has 1 amide bonds. The van der Waals surface area contributed by atoms with Crippen LogP contribution in [0.25, 0.3) is 0 Å². The van der Waals surface area contributed by atoms with Gasteiger partial charge < -0.3 is 10.1 Å². The first-order valence-corrected chi connectivity index (χ1v) is 5.11. The number of carbonyl (C=O) groups is 1. The molecule has 0 saturated carbocycles. The molecule has 0 radical (unpaired) electrons. The van der Waals surface area contributed by atoms with Gasteiger partial charge in [-0.2, -0.15) is 5.10 Å². The molecule has 2 aromatic rings. The highest BCUT2D eigenvalue weighted by Crippen LogP contribution is 2.24. The first kappa shape index (κ1) is 12.9. The third-order valence-corrected chi connectivity index (χ3v) is 2.08. The number of nitrogens with one attached hydrogen (secondary N) is 2. The fraction of sp³-hybridized carbons (Fsp3) is 0.0909. The van der Waals surface area contributed by atoms with Crippen molar-refractivity contribution in [2.75, 3.05) is 5.32 Å². The molecule has 2 N–H and O–H groups in total. The van der Waals surface area contributed by atoms with E-state index < -0.39 is 12.3 Å². The van der Waals surface area contributed by atoms with Crippen LogP contribution in [0.4, 0.5) is 18.9 Å². The maximum atomic E-state index is 11.9. The van der Waals surface area contributed by atoms with Crippen LogP contribution < -0.4 is 10.1 Å². The largest absolute Gasteiger partial charge is 0.573 e. The number of ether oxygens (including phenoxy) is 1. The second-order valence-corrected chi connectivity index (χ2v) is 3.49. The molecule has 0 spiro atoms. The number of aromatic amines is 1. The van der Waals surface area contributed by atoms with E-state index in [-0.39, 0.29) is 11.4 Å². The van der Waals surface area contributed by atoms with Gasteiger partial charge in [-0.15, -0.1) is 13.2 Å². The molecule has 8 heteroatoms. The summed E-state index contributed by atoms with van der Waals surface area (Å²) in [6.45, 7) is 0. The minimum absolute atomic E-state index is 0.176. The molecule has 0 saturated heterocycles. The van der Waals surface area contributed by atoms with E-state index in [1.54, 1.807) is 0 Å². The van der Waals surface area contributed by atoms with E-state index in [2.05, 4.69) is 20.3 Å². The summed E-state index contributed by atoms with van der Waals surface area (Å²) in [4.78, 5) is 11.6. The monoisotopic (exact) mass is 271 g/mol. The Hall–Kier alpha value is -2.51. The van der Waals surface area contributed by atoms with Crippen LogP contribution in [-0.2, 0) is 0 Å². The molecule has 0 unspecified atom stereocenters. The van der Waals surface area contributed by atoms with Gasteiger partial charge in [0.05, 0.1) is 0 Å². The summed E-state index contributed by atoms with van der Waals surface area (Å²) in [5.74, 6) is -0.823. The highest BCUT2D eigenvalue weighted by molar-refractivity contribution is 6.02. The van der Waals surface area contributed by atoms with Crippen molar-refractivity contribution >= 4 is 11.6 Å². The zero-order valence-electron chi connectivity index (χ0n) is 9.36. The number of H-pyrrole nitrogens is 1. The van der Waals surface area contributed by atoms with Crippen molar-refractivity contribution in [1.82, 2.24) is 10.2 Å². The van der Waals surface area contributed by atoms with Crippen molar-refractivity contribution in [3.8, 4) is 5.75 Å². The average Bonchev–Trinajstić information content (AvgIpc) is 2.83. The Labute approximate surface area is 105 Å². The molecule has 0 aliphatic heterocycles. The van der Waals surface area contributed by atoms with Gasteiger partial charge in [0, 0.05) is 11.9 Å². The molecule has 5 nitrogen and oxygen atoms in total. The van der Waals surface area contributed by atoms with E-state index in [4.69, 9.17) is 0 Å². The molecule has 0 aliphatic rings. The van der Waals surface area contributed by atoms with Crippen LogP contribution in [0.2, 0.25) is 0 Å². The van der Waals surface area contributed by atoms with E-state index in [0.29, 0.717) is 5.69 Å². The average molecular weight is 271 g/mol. The Morgan fingerprint density at radius 3 is 2.42 bits per heavy atom. The summed E-state index contributed by atoms with van der Waals surface area (Å²) >= 11 is 0. The van der Waals surface area contributed by atoms with Crippen LogP contribution in [0.5, 0.6) is 5.75 Å². The minimum Gasteiger partial charge on any atom is -0.406 e. The zero-order chi connectivity index (χ0) is 13.9. The van der Waals surface area contributed by atoms with Crippen molar-refractivity contribution < 1.29 is 22.7 Å². The lowest BCUT2D eigenvalue weighted by Crippen LogP contribution is -2.17. The molecule has 0 bridgehead atoms. The number of nitrogens with zero attached hydrogens (tertiary/aromatic N) is 1. The number of anilines is 1. The molecule has 100 valence electrons. The summed E-state index contributed by atoms with van der Waals surface area (Å²) in [6, 6.07) is 6.27. The lowest BCUT2D eigenvalue weighted by atomic mass is 10.3. The Morgan fingerprint density at radius 2 is 1.89 bits per heavy atom. The van der Waals surface area contributed by atoms with Crippen LogP contribution in [0, 0.1) is 0 Å². The normalized spacial score (nSPS) is 11.1. The van der Waals surface area contributed by atoms with Crippen molar-refractivity contribution in [3.05, 3.63) is 42.2 Å². The van der Waals surface area contributed by atoms with E-state index in [9.17, 15) is 18.0 Å². The van der Waals surface area contributed by atoms with Gasteiger partial charge in [0.15, 0.2) is 0 Å². The fourth-order valence-electron chi connectivity index (χ4n) is 1.32. The molecule has 0 atom stereocenters. The van der Waals surface area contributed by atoms with Gasteiger partial charge in [0.2, 0.25) is 0 Å². The second-order valence-electron chi connectivity index (χ2n) is 3.49. The van der Waals surface area contributed by atoms with Gasteiger partial charge in [0.1, 0.15) is 11.4 Å². The fourth-order valence-corrected chi connectivity index (χ4v) is 1.32. The van der Waals surface area contributed by atoms with Crippen LogP contribution in [0.3, 0.4) is 0 Å². The molecule has 19 heavy (non-hydrogen) atoms. The summed E-state index contributed by atoms with van der Waals surface area (Å²) in [5, 5.41) is 8.62. The van der Waals surface area contributed by atoms with Crippen LogP contribution in [0.1, 0.15) is 10.5 Å². The Morgan fingerprint density at radius 1 is 1.21 bits per heavy atom. The van der Waals surface area contributed by atoms with Gasteiger partial charge in [-0.25, -0.2) is 0 Å². The Bertz CT molecular complexity index is 550. The van der Waals surface area contributed by atoms with Crippen molar-refractivity contribution in [1.29, 1.82) is 0 Å². The maximum Gasteiger partial charge on any atom is 0.573 e. The van der Waals surface area contributed by atoms with E-state index >= 15 is 0 Å². The standard InChI is InChI=1S/C11H8F3N3O2/c12-11(13,14)19-8-3-1-7(2-4-8)16-10(18)9-5-6-15-17-9/h1-6H,(H,15,17)(H,16,18). The molecule has 0 aliphatic carbocycles. The van der Waals surface area contributed by atoms with Crippen LogP contribution in [-0.4, -0.2) is 22.5 Å². The summed E-state index contributed by atoms with van der Waals surface area (Å²) in [7, 11) is 0. The molecular formula is C11H8F3N3O2. The smallest absolute Gasteiger partial charge is 0.406 e. The zero-order valence-corrected chi connectivity index (χ0v) is 9.36. The number of aromatic nitrogens is 2.